The monoisotopic (exact) mass is 265 g/mol. The number of anilines is 1. The van der Waals surface area contributed by atoms with Crippen LogP contribution in [-0.4, -0.2) is 23.6 Å². The Morgan fingerprint density at radius 2 is 2.28 bits per heavy atom. The fourth-order valence-electron chi connectivity index (χ4n) is 3.24. The maximum absolute atomic E-state index is 8.88. The average molecular weight is 266 g/mol. The highest BCUT2D eigenvalue weighted by molar-refractivity contribution is 6.31. The molecule has 3 rings (SSSR count). The molecule has 2 fully saturated rings. The average Bonchev–Trinajstić information content (AvgIpc) is 3.00. The van der Waals surface area contributed by atoms with Crippen molar-refractivity contribution in [2.45, 2.75) is 25.3 Å². The van der Waals surface area contributed by atoms with Crippen molar-refractivity contribution in [3.8, 4) is 0 Å². The van der Waals surface area contributed by atoms with Crippen molar-refractivity contribution in [2.75, 3.05) is 11.4 Å². The van der Waals surface area contributed by atoms with Gasteiger partial charge in [0.1, 0.15) is 0 Å². The van der Waals surface area contributed by atoms with Gasteiger partial charge in [-0.1, -0.05) is 16.8 Å². The summed E-state index contributed by atoms with van der Waals surface area (Å²) in [5.74, 6) is 0.918. The molecule has 0 radical (unpaired) electrons. The number of nitrogens with zero attached hydrogens (tertiary/aromatic N) is 2. The normalized spacial score (nSPS) is 26.9. The highest BCUT2D eigenvalue weighted by atomic mass is 35.5. The number of hydrogen-bond donors (Lipinski definition) is 2. The number of halogens is 1. The molecular formula is C13H16ClN3O. The maximum atomic E-state index is 8.88. The number of fused-ring (bicyclic) bond motifs is 2. The Hall–Kier alpha value is -1.42. The van der Waals surface area contributed by atoms with Crippen molar-refractivity contribution in [2.24, 2.45) is 16.8 Å². The lowest BCUT2D eigenvalue weighted by Gasteiger charge is -2.30. The molecule has 4 nitrogen and oxygen atoms in total. The summed E-state index contributed by atoms with van der Waals surface area (Å²) < 4.78 is 0. The zero-order valence-corrected chi connectivity index (χ0v) is 10.8. The molecule has 1 aliphatic heterocycles. The first-order valence-electron chi connectivity index (χ1n) is 6.23. The minimum absolute atomic E-state index is 0.121. The number of amidine groups is 1. The molecule has 2 unspecified atom stereocenters. The van der Waals surface area contributed by atoms with Crippen LogP contribution in [0, 0.1) is 5.92 Å². The van der Waals surface area contributed by atoms with Crippen molar-refractivity contribution in [1.82, 2.24) is 0 Å². The van der Waals surface area contributed by atoms with Crippen LogP contribution in [0.5, 0.6) is 0 Å². The molecule has 2 aliphatic rings. The van der Waals surface area contributed by atoms with E-state index in [2.05, 4.69) is 10.1 Å². The zero-order valence-electron chi connectivity index (χ0n) is 10.0. The van der Waals surface area contributed by atoms with Gasteiger partial charge in [-0.05, 0) is 43.4 Å². The largest absolute Gasteiger partial charge is 0.409 e. The van der Waals surface area contributed by atoms with Crippen molar-refractivity contribution in [3.63, 3.8) is 0 Å². The summed E-state index contributed by atoms with van der Waals surface area (Å²) in [7, 11) is 0. The number of piperidine rings is 1. The van der Waals surface area contributed by atoms with Crippen LogP contribution in [0.4, 0.5) is 5.69 Å². The molecule has 2 atom stereocenters. The second kappa shape index (κ2) is 4.35. The van der Waals surface area contributed by atoms with E-state index < -0.39 is 0 Å². The Morgan fingerprint density at radius 1 is 1.44 bits per heavy atom. The minimum atomic E-state index is 0.121. The standard InChI is InChI=1S/C13H16ClN3O/c14-9-2-4-12(11(6-9)13(15)16-18)17-7-8-1-3-10(17)5-8/h2,4,6,8,10,18H,1,3,5,7H2,(H2,15,16). The van der Waals surface area contributed by atoms with Gasteiger partial charge in [-0.15, -0.1) is 0 Å². The summed E-state index contributed by atoms with van der Waals surface area (Å²) in [6.07, 6.45) is 3.83. The predicted molar refractivity (Wildman–Crippen MR) is 72.4 cm³/mol. The topological polar surface area (TPSA) is 61.9 Å². The van der Waals surface area contributed by atoms with Crippen LogP contribution < -0.4 is 10.6 Å². The summed E-state index contributed by atoms with van der Waals surface area (Å²) in [6.45, 7) is 1.07. The second-order valence-electron chi connectivity index (χ2n) is 5.13. The van der Waals surface area contributed by atoms with Crippen LogP contribution >= 0.6 is 11.6 Å². The Morgan fingerprint density at radius 3 is 2.89 bits per heavy atom. The molecule has 2 bridgehead atoms. The first kappa shape index (κ1) is 11.7. The van der Waals surface area contributed by atoms with Gasteiger partial charge in [-0.3, -0.25) is 0 Å². The molecule has 0 aromatic heterocycles. The quantitative estimate of drug-likeness (QED) is 0.374. The molecule has 1 aromatic carbocycles. The van der Waals surface area contributed by atoms with Gasteiger partial charge in [-0.2, -0.15) is 0 Å². The fourth-order valence-corrected chi connectivity index (χ4v) is 3.41. The Labute approximate surface area is 111 Å². The number of hydrogen-bond acceptors (Lipinski definition) is 3. The molecule has 18 heavy (non-hydrogen) atoms. The number of rotatable bonds is 2. The van der Waals surface area contributed by atoms with Crippen LogP contribution in [0.3, 0.4) is 0 Å². The van der Waals surface area contributed by atoms with Crippen molar-refractivity contribution >= 4 is 23.1 Å². The highest BCUT2D eigenvalue weighted by Crippen LogP contribution is 2.41. The van der Waals surface area contributed by atoms with E-state index in [0.717, 1.165) is 23.7 Å². The third-order valence-electron chi connectivity index (χ3n) is 4.06. The van der Waals surface area contributed by atoms with E-state index in [1.807, 2.05) is 12.1 Å². The van der Waals surface area contributed by atoms with E-state index in [4.69, 9.17) is 22.5 Å². The molecule has 0 spiro atoms. The highest BCUT2D eigenvalue weighted by Gasteiger charge is 2.38. The van der Waals surface area contributed by atoms with E-state index in [9.17, 15) is 0 Å². The molecule has 5 heteroatoms. The van der Waals surface area contributed by atoms with Gasteiger partial charge in [0, 0.05) is 28.9 Å². The molecule has 96 valence electrons. The van der Waals surface area contributed by atoms with Crippen LogP contribution in [0.15, 0.2) is 23.4 Å². The minimum Gasteiger partial charge on any atom is -0.409 e. The van der Waals surface area contributed by atoms with Crippen molar-refractivity contribution in [1.29, 1.82) is 0 Å². The Balaban J connectivity index is 2.01. The molecule has 3 N–H and O–H groups in total. The first-order chi connectivity index (χ1) is 8.69. The zero-order chi connectivity index (χ0) is 12.7. The molecule has 1 aromatic rings. The van der Waals surface area contributed by atoms with Gasteiger partial charge in [0.15, 0.2) is 5.84 Å². The third-order valence-corrected chi connectivity index (χ3v) is 4.30. The molecule has 1 aliphatic carbocycles. The van der Waals surface area contributed by atoms with E-state index in [0.29, 0.717) is 11.1 Å². The summed E-state index contributed by atoms with van der Waals surface area (Å²) >= 11 is 5.99. The summed E-state index contributed by atoms with van der Waals surface area (Å²) in [6, 6.07) is 6.19. The van der Waals surface area contributed by atoms with Gasteiger partial charge in [-0.25, -0.2) is 0 Å². The third kappa shape index (κ3) is 1.81. The Kier molecular flexibility index (Phi) is 2.82. The number of nitrogens with two attached hydrogens (primary N) is 1. The summed E-state index contributed by atoms with van der Waals surface area (Å²) in [4.78, 5) is 2.37. The molecule has 0 amide bonds. The maximum Gasteiger partial charge on any atom is 0.172 e. The van der Waals surface area contributed by atoms with Crippen LogP contribution in [0.25, 0.3) is 0 Å². The van der Waals surface area contributed by atoms with E-state index in [1.165, 1.54) is 19.3 Å². The van der Waals surface area contributed by atoms with Crippen LogP contribution in [0.1, 0.15) is 24.8 Å². The van der Waals surface area contributed by atoms with Gasteiger partial charge in [0.2, 0.25) is 0 Å². The van der Waals surface area contributed by atoms with Crippen LogP contribution in [0.2, 0.25) is 5.02 Å². The molecule has 1 heterocycles. The van der Waals surface area contributed by atoms with E-state index in [1.54, 1.807) is 6.07 Å². The van der Waals surface area contributed by atoms with Gasteiger partial charge in [0.25, 0.3) is 0 Å². The van der Waals surface area contributed by atoms with Crippen LogP contribution in [-0.2, 0) is 0 Å². The van der Waals surface area contributed by atoms with E-state index >= 15 is 0 Å². The fraction of sp³-hybridized carbons (Fsp3) is 0.462. The second-order valence-corrected chi connectivity index (χ2v) is 5.57. The van der Waals surface area contributed by atoms with Crippen molar-refractivity contribution in [3.05, 3.63) is 28.8 Å². The lowest BCUT2D eigenvalue weighted by atomic mass is 10.1. The molecule has 1 saturated carbocycles. The lowest BCUT2D eigenvalue weighted by Crippen LogP contribution is -2.33. The molecule has 1 saturated heterocycles. The van der Waals surface area contributed by atoms with Gasteiger partial charge < -0.3 is 15.8 Å². The van der Waals surface area contributed by atoms with Gasteiger partial charge >= 0.3 is 0 Å². The van der Waals surface area contributed by atoms with E-state index in [-0.39, 0.29) is 5.84 Å². The smallest absolute Gasteiger partial charge is 0.172 e. The van der Waals surface area contributed by atoms with Crippen molar-refractivity contribution < 1.29 is 5.21 Å². The van der Waals surface area contributed by atoms with Gasteiger partial charge in [0.05, 0.1) is 0 Å². The molecular weight excluding hydrogens is 250 g/mol. The summed E-state index contributed by atoms with van der Waals surface area (Å²) in [5.41, 5.74) is 7.49. The first-order valence-corrected chi connectivity index (χ1v) is 6.61. The lowest BCUT2D eigenvalue weighted by molar-refractivity contribution is 0.318. The Bertz CT molecular complexity index is 503. The number of oxime groups is 1. The number of benzene rings is 1. The predicted octanol–water partition coefficient (Wildman–Crippen LogP) is 2.42. The SMILES string of the molecule is NC(=NO)c1cc(Cl)ccc1N1CC2CCC1C2. The summed E-state index contributed by atoms with van der Waals surface area (Å²) in [5, 5.41) is 12.6.